The number of aliphatic hydroxyl groups excluding tert-OH is 1. The Balaban J connectivity index is 2.17. The van der Waals surface area contributed by atoms with Crippen LogP contribution in [0.4, 0.5) is 4.39 Å². The molecular weight excluding hydrogens is 247 g/mol. The number of hydrogen-bond acceptors (Lipinski definition) is 2. The molecule has 1 nitrogen and oxygen atoms in total. The average molecular weight is 262 g/mol. The summed E-state index contributed by atoms with van der Waals surface area (Å²) >= 11 is 1.76. The normalized spacial score (nSPS) is 12.4. The molecule has 3 heteroatoms. The third-order valence-corrected chi connectivity index (χ3v) is 3.59. The van der Waals surface area contributed by atoms with Gasteiger partial charge in [-0.3, -0.25) is 0 Å². The van der Waals surface area contributed by atoms with E-state index in [1.807, 2.05) is 24.3 Å². The van der Waals surface area contributed by atoms with E-state index in [0.717, 1.165) is 11.3 Å². The van der Waals surface area contributed by atoms with Gasteiger partial charge in [0.2, 0.25) is 0 Å². The molecule has 0 saturated heterocycles. The van der Waals surface area contributed by atoms with Crippen molar-refractivity contribution in [2.45, 2.75) is 17.9 Å². The summed E-state index contributed by atoms with van der Waals surface area (Å²) in [5.74, 6) is 0.737. The molecule has 1 unspecified atom stereocenters. The SMILES string of the molecule is CCSc1ccc(C(O)c2ccc(F)cc2)cc1. The van der Waals surface area contributed by atoms with Crippen molar-refractivity contribution in [2.75, 3.05) is 5.75 Å². The molecule has 0 amide bonds. The van der Waals surface area contributed by atoms with E-state index in [1.54, 1.807) is 23.9 Å². The van der Waals surface area contributed by atoms with Crippen LogP contribution in [0.5, 0.6) is 0 Å². The van der Waals surface area contributed by atoms with Crippen LogP contribution >= 0.6 is 11.8 Å². The molecule has 0 fully saturated rings. The number of hydrogen-bond donors (Lipinski definition) is 1. The zero-order chi connectivity index (χ0) is 13.0. The van der Waals surface area contributed by atoms with Gasteiger partial charge in [-0.1, -0.05) is 31.2 Å². The highest BCUT2D eigenvalue weighted by atomic mass is 32.2. The lowest BCUT2D eigenvalue weighted by Gasteiger charge is -2.12. The van der Waals surface area contributed by atoms with E-state index in [-0.39, 0.29) is 5.82 Å². The molecule has 1 atom stereocenters. The maximum Gasteiger partial charge on any atom is 0.123 e. The number of halogens is 1. The maximum atomic E-state index is 12.8. The van der Waals surface area contributed by atoms with E-state index in [1.165, 1.54) is 17.0 Å². The fourth-order valence-corrected chi connectivity index (χ4v) is 2.41. The van der Waals surface area contributed by atoms with Crippen molar-refractivity contribution >= 4 is 11.8 Å². The van der Waals surface area contributed by atoms with Crippen molar-refractivity contribution in [3.05, 3.63) is 65.5 Å². The summed E-state index contributed by atoms with van der Waals surface area (Å²) in [7, 11) is 0. The molecule has 0 heterocycles. The van der Waals surface area contributed by atoms with E-state index in [2.05, 4.69) is 6.92 Å². The summed E-state index contributed by atoms with van der Waals surface area (Å²) in [6, 6.07) is 13.7. The highest BCUT2D eigenvalue weighted by Crippen LogP contribution is 2.25. The summed E-state index contributed by atoms with van der Waals surface area (Å²) in [5, 5.41) is 10.2. The number of benzene rings is 2. The standard InChI is InChI=1S/C15H15FOS/c1-2-18-14-9-5-12(6-10-14)15(17)11-3-7-13(16)8-4-11/h3-10,15,17H,2H2,1H3. The summed E-state index contributed by atoms with van der Waals surface area (Å²) in [6.45, 7) is 2.10. The van der Waals surface area contributed by atoms with Crippen LogP contribution in [-0.4, -0.2) is 10.9 Å². The van der Waals surface area contributed by atoms with Gasteiger partial charge in [0.1, 0.15) is 11.9 Å². The van der Waals surface area contributed by atoms with Gasteiger partial charge >= 0.3 is 0 Å². The van der Waals surface area contributed by atoms with Gasteiger partial charge in [-0.2, -0.15) is 0 Å². The highest BCUT2D eigenvalue weighted by Gasteiger charge is 2.10. The van der Waals surface area contributed by atoms with Crippen LogP contribution in [0.15, 0.2) is 53.4 Å². The van der Waals surface area contributed by atoms with Gasteiger partial charge in [0.05, 0.1) is 0 Å². The molecule has 0 bridgehead atoms. The van der Waals surface area contributed by atoms with E-state index < -0.39 is 6.10 Å². The van der Waals surface area contributed by atoms with Crippen LogP contribution in [0.1, 0.15) is 24.2 Å². The number of rotatable bonds is 4. The van der Waals surface area contributed by atoms with Gasteiger partial charge < -0.3 is 5.11 Å². The zero-order valence-corrected chi connectivity index (χ0v) is 11.0. The van der Waals surface area contributed by atoms with Crippen molar-refractivity contribution in [1.29, 1.82) is 0 Å². The lowest BCUT2D eigenvalue weighted by molar-refractivity contribution is 0.220. The van der Waals surface area contributed by atoms with Crippen LogP contribution in [0, 0.1) is 5.82 Å². The lowest BCUT2D eigenvalue weighted by Crippen LogP contribution is -1.99. The van der Waals surface area contributed by atoms with Gasteiger partial charge in [0.25, 0.3) is 0 Å². The zero-order valence-electron chi connectivity index (χ0n) is 10.1. The van der Waals surface area contributed by atoms with Crippen LogP contribution in [-0.2, 0) is 0 Å². The number of aliphatic hydroxyl groups is 1. The second kappa shape index (κ2) is 6.03. The molecule has 0 aliphatic heterocycles. The minimum atomic E-state index is -0.703. The Labute approximate surface area is 111 Å². The largest absolute Gasteiger partial charge is 0.384 e. The topological polar surface area (TPSA) is 20.2 Å². The van der Waals surface area contributed by atoms with Crippen LogP contribution < -0.4 is 0 Å². The third-order valence-electron chi connectivity index (χ3n) is 2.69. The summed E-state index contributed by atoms with van der Waals surface area (Å²) in [5.41, 5.74) is 1.52. The van der Waals surface area contributed by atoms with Crippen molar-refractivity contribution in [2.24, 2.45) is 0 Å². The molecule has 2 rings (SSSR count). The summed E-state index contributed by atoms with van der Waals surface area (Å²) in [6.07, 6.45) is -0.703. The number of thioether (sulfide) groups is 1. The predicted molar refractivity (Wildman–Crippen MR) is 73.3 cm³/mol. The molecule has 94 valence electrons. The van der Waals surface area contributed by atoms with E-state index >= 15 is 0 Å². The first-order chi connectivity index (χ1) is 8.70. The Morgan fingerprint density at radius 1 is 1.00 bits per heavy atom. The monoisotopic (exact) mass is 262 g/mol. The van der Waals surface area contributed by atoms with Crippen molar-refractivity contribution in [3.63, 3.8) is 0 Å². The van der Waals surface area contributed by atoms with Crippen molar-refractivity contribution in [1.82, 2.24) is 0 Å². The summed E-state index contributed by atoms with van der Waals surface area (Å²) < 4.78 is 12.8. The van der Waals surface area contributed by atoms with E-state index in [0.29, 0.717) is 5.56 Å². The molecule has 2 aromatic carbocycles. The van der Waals surface area contributed by atoms with Crippen LogP contribution in [0.3, 0.4) is 0 Å². The van der Waals surface area contributed by atoms with Gasteiger partial charge in [0, 0.05) is 4.90 Å². The average Bonchev–Trinajstić information content (AvgIpc) is 2.40. The molecule has 1 N–H and O–H groups in total. The molecular formula is C15H15FOS. The fraction of sp³-hybridized carbons (Fsp3) is 0.200. The van der Waals surface area contributed by atoms with E-state index in [4.69, 9.17) is 0 Å². The Morgan fingerprint density at radius 3 is 2.00 bits per heavy atom. The Kier molecular flexibility index (Phi) is 4.39. The van der Waals surface area contributed by atoms with E-state index in [9.17, 15) is 9.50 Å². The molecule has 18 heavy (non-hydrogen) atoms. The molecule has 0 aliphatic carbocycles. The minimum Gasteiger partial charge on any atom is -0.384 e. The van der Waals surface area contributed by atoms with Gasteiger partial charge in [-0.25, -0.2) is 4.39 Å². The van der Waals surface area contributed by atoms with Gasteiger partial charge in [0.15, 0.2) is 0 Å². The molecule has 0 aliphatic rings. The smallest absolute Gasteiger partial charge is 0.123 e. The minimum absolute atomic E-state index is 0.291. The fourth-order valence-electron chi connectivity index (χ4n) is 1.75. The first-order valence-electron chi connectivity index (χ1n) is 5.87. The lowest BCUT2D eigenvalue weighted by atomic mass is 10.0. The Morgan fingerprint density at radius 2 is 1.50 bits per heavy atom. The Hall–Kier alpha value is -1.32. The second-order valence-corrected chi connectivity index (χ2v) is 5.29. The first-order valence-corrected chi connectivity index (χ1v) is 6.85. The third kappa shape index (κ3) is 3.12. The van der Waals surface area contributed by atoms with Crippen LogP contribution in [0.25, 0.3) is 0 Å². The van der Waals surface area contributed by atoms with Crippen molar-refractivity contribution in [3.8, 4) is 0 Å². The molecule has 0 saturated carbocycles. The quantitative estimate of drug-likeness (QED) is 0.840. The first kappa shape index (κ1) is 13.1. The van der Waals surface area contributed by atoms with Crippen molar-refractivity contribution < 1.29 is 9.50 Å². The molecule has 0 aromatic heterocycles. The van der Waals surface area contributed by atoms with Gasteiger partial charge in [-0.05, 0) is 41.1 Å². The van der Waals surface area contributed by atoms with Gasteiger partial charge in [-0.15, -0.1) is 11.8 Å². The predicted octanol–water partition coefficient (Wildman–Crippen LogP) is 4.02. The molecule has 0 radical (unpaired) electrons. The highest BCUT2D eigenvalue weighted by molar-refractivity contribution is 7.99. The second-order valence-electron chi connectivity index (χ2n) is 3.96. The van der Waals surface area contributed by atoms with Crippen LogP contribution in [0.2, 0.25) is 0 Å². The Bertz CT molecular complexity index is 493. The maximum absolute atomic E-state index is 12.8. The molecule has 0 spiro atoms. The summed E-state index contributed by atoms with van der Waals surface area (Å²) in [4.78, 5) is 1.19. The molecule has 2 aromatic rings.